The molecular weight excluding hydrogens is 392 g/mol. The third-order valence-corrected chi connectivity index (χ3v) is 4.41. The van der Waals surface area contributed by atoms with Gasteiger partial charge in [-0.25, -0.2) is 22.4 Å². The van der Waals surface area contributed by atoms with E-state index in [1.165, 1.54) is 6.07 Å². The Morgan fingerprint density at radius 3 is 2.44 bits per heavy atom. The van der Waals surface area contributed by atoms with E-state index in [-0.39, 0.29) is 21.8 Å². The average Bonchev–Trinajstić information content (AvgIpc) is 2.82. The van der Waals surface area contributed by atoms with Gasteiger partial charge in [-0.2, -0.15) is 0 Å². The van der Waals surface area contributed by atoms with Gasteiger partial charge in [0.05, 0.1) is 5.02 Å². The first-order valence-electron chi connectivity index (χ1n) is 7.55. The van der Waals surface area contributed by atoms with Crippen LogP contribution in [-0.4, -0.2) is 23.0 Å². The van der Waals surface area contributed by atoms with E-state index in [1.807, 2.05) is 0 Å². The van der Waals surface area contributed by atoms with Crippen molar-refractivity contribution in [1.82, 2.24) is 5.32 Å². The fourth-order valence-electron chi connectivity index (χ4n) is 2.97. The molecule has 3 N–H and O–H groups in total. The van der Waals surface area contributed by atoms with E-state index >= 15 is 0 Å². The molecular formula is C17H11ClF4N2O3. The highest BCUT2D eigenvalue weighted by Crippen LogP contribution is 2.45. The van der Waals surface area contributed by atoms with Crippen LogP contribution in [0.1, 0.15) is 27.5 Å². The lowest BCUT2D eigenvalue weighted by Gasteiger charge is -2.19. The number of hydrogen-bond acceptors (Lipinski definition) is 2. The fraction of sp³-hybridized carbons (Fsp3) is 0.176. The third-order valence-electron chi connectivity index (χ3n) is 4.12. The number of amides is 2. The lowest BCUT2D eigenvalue weighted by atomic mass is 10.0. The number of nitrogens with one attached hydrogen (secondary N) is 2. The number of carboxylic acid groups (broad SMARTS) is 1. The van der Waals surface area contributed by atoms with E-state index in [4.69, 9.17) is 16.7 Å². The molecule has 27 heavy (non-hydrogen) atoms. The number of rotatable bonds is 3. The first kappa shape index (κ1) is 19.0. The van der Waals surface area contributed by atoms with Crippen LogP contribution in [0.25, 0.3) is 0 Å². The summed E-state index contributed by atoms with van der Waals surface area (Å²) in [5.41, 5.74) is -1.02. The summed E-state index contributed by atoms with van der Waals surface area (Å²) in [6.45, 7) is 0. The van der Waals surface area contributed by atoms with E-state index in [0.29, 0.717) is 0 Å². The molecule has 5 nitrogen and oxygen atoms in total. The van der Waals surface area contributed by atoms with E-state index in [2.05, 4.69) is 5.32 Å². The Hall–Kier alpha value is -2.81. The molecule has 10 heteroatoms. The van der Waals surface area contributed by atoms with E-state index in [0.717, 1.165) is 24.3 Å². The summed E-state index contributed by atoms with van der Waals surface area (Å²) in [5, 5.41) is 12.5. The molecule has 0 saturated carbocycles. The van der Waals surface area contributed by atoms with E-state index in [1.54, 1.807) is 5.32 Å². The predicted octanol–water partition coefficient (Wildman–Crippen LogP) is 4.37. The zero-order valence-corrected chi connectivity index (χ0v) is 14.1. The van der Waals surface area contributed by atoms with Crippen LogP contribution in [0.15, 0.2) is 30.3 Å². The van der Waals surface area contributed by atoms with Crippen LogP contribution < -0.4 is 10.6 Å². The molecule has 1 atom stereocenters. The molecule has 0 bridgehead atoms. The zero-order valence-electron chi connectivity index (χ0n) is 13.3. The SMILES string of the molecule is O=C(O)NC1c2c(F)ccc(C(=O)Nc3ccc(F)c(Cl)c3)c2CC1(F)F. The number of benzene rings is 2. The number of alkyl halides is 2. The normalized spacial score (nSPS) is 17.3. The second-order valence-electron chi connectivity index (χ2n) is 5.89. The number of carbonyl (C=O) groups is 2. The van der Waals surface area contributed by atoms with Crippen molar-refractivity contribution >= 4 is 29.3 Å². The van der Waals surface area contributed by atoms with Crippen molar-refractivity contribution in [3.63, 3.8) is 0 Å². The molecule has 3 rings (SSSR count). The second-order valence-corrected chi connectivity index (χ2v) is 6.30. The van der Waals surface area contributed by atoms with Crippen molar-refractivity contribution in [1.29, 1.82) is 0 Å². The van der Waals surface area contributed by atoms with E-state index in [9.17, 15) is 27.2 Å². The van der Waals surface area contributed by atoms with Gasteiger partial charge in [-0.05, 0) is 35.9 Å². The maximum Gasteiger partial charge on any atom is 0.405 e. The smallest absolute Gasteiger partial charge is 0.405 e. The van der Waals surface area contributed by atoms with Crippen molar-refractivity contribution in [2.24, 2.45) is 0 Å². The summed E-state index contributed by atoms with van der Waals surface area (Å²) in [4.78, 5) is 23.3. The van der Waals surface area contributed by atoms with Gasteiger partial charge in [0.1, 0.15) is 17.7 Å². The highest BCUT2D eigenvalue weighted by atomic mass is 35.5. The monoisotopic (exact) mass is 402 g/mol. The molecule has 142 valence electrons. The van der Waals surface area contributed by atoms with Crippen molar-refractivity contribution in [2.75, 3.05) is 5.32 Å². The Bertz CT molecular complexity index is 952. The van der Waals surface area contributed by atoms with Crippen molar-refractivity contribution in [2.45, 2.75) is 18.4 Å². The Kier molecular flexibility index (Phi) is 4.73. The summed E-state index contributed by atoms with van der Waals surface area (Å²) >= 11 is 5.62. The molecule has 0 aromatic heterocycles. The minimum absolute atomic E-state index is 0.106. The number of fused-ring (bicyclic) bond motifs is 1. The Labute approximate surface area is 154 Å². The van der Waals surface area contributed by atoms with Crippen LogP contribution in [0, 0.1) is 11.6 Å². The fourth-order valence-corrected chi connectivity index (χ4v) is 3.15. The maximum atomic E-state index is 14.2. The van der Waals surface area contributed by atoms with Crippen LogP contribution in [0.2, 0.25) is 5.02 Å². The summed E-state index contributed by atoms with van der Waals surface area (Å²) in [6, 6.07) is 3.07. The Morgan fingerprint density at radius 1 is 1.15 bits per heavy atom. The minimum atomic E-state index is -3.61. The van der Waals surface area contributed by atoms with Gasteiger partial charge in [-0.1, -0.05) is 11.6 Å². The quantitative estimate of drug-likeness (QED) is 0.667. The molecule has 1 aliphatic carbocycles. The second kappa shape index (κ2) is 6.73. The zero-order chi connectivity index (χ0) is 19.9. The molecule has 0 spiro atoms. The molecule has 1 unspecified atom stereocenters. The predicted molar refractivity (Wildman–Crippen MR) is 88.3 cm³/mol. The summed E-state index contributed by atoms with van der Waals surface area (Å²) in [5.74, 6) is -6.22. The van der Waals surface area contributed by atoms with Gasteiger partial charge < -0.3 is 15.7 Å². The molecule has 0 saturated heterocycles. The van der Waals surface area contributed by atoms with E-state index < -0.39 is 47.6 Å². The van der Waals surface area contributed by atoms with Gasteiger partial charge in [0.2, 0.25) is 0 Å². The first-order valence-corrected chi connectivity index (χ1v) is 7.93. The molecule has 0 heterocycles. The van der Waals surface area contributed by atoms with Crippen LogP contribution in [0.4, 0.5) is 28.0 Å². The number of hydrogen-bond donors (Lipinski definition) is 3. The van der Waals surface area contributed by atoms with Gasteiger partial charge in [0, 0.05) is 23.2 Å². The average molecular weight is 403 g/mol. The standard InChI is InChI=1S/C17H11ClF4N2O3/c18-10-5-7(1-3-11(10)19)23-15(25)8-2-4-12(20)13-9(8)6-17(21,22)14(13)24-16(26)27/h1-5,14,24H,6H2,(H,23,25)(H,26,27). The first-order chi connectivity index (χ1) is 12.6. The van der Waals surface area contributed by atoms with Crippen molar-refractivity contribution in [3.8, 4) is 0 Å². The summed E-state index contributed by atoms with van der Waals surface area (Å²) in [6.07, 6.45) is -2.76. The molecule has 2 aromatic carbocycles. The van der Waals surface area contributed by atoms with Crippen LogP contribution >= 0.6 is 11.6 Å². The largest absolute Gasteiger partial charge is 0.465 e. The van der Waals surface area contributed by atoms with Gasteiger partial charge in [0.25, 0.3) is 11.8 Å². The topological polar surface area (TPSA) is 78.4 Å². The lowest BCUT2D eigenvalue weighted by molar-refractivity contribution is -0.0247. The number of carbonyl (C=O) groups excluding carboxylic acids is 1. The summed E-state index contributed by atoms with van der Waals surface area (Å²) < 4.78 is 55.8. The molecule has 2 amide bonds. The van der Waals surface area contributed by atoms with Crippen LogP contribution in [0.5, 0.6) is 0 Å². The van der Waals surface area contributed by atoms with Crippen molar-refractivity contribution in [3.05, 3.63) is 63.7 Å². The minimum Gasteiger partial charge on any atom is -0.465 e. The molecule has 0 radical (unpaired) electrons. The lowest BCUT2D eigenvalue weighted by Crippen LogP contribution is -2.37. The molecule has 0 aliphatic heterocycles. The third kappa shape index (κ3) is 3.55. The highest BCUT2D eigenvalue weighted by molar-refractivity contribution is 6.31. The van der Waals surface area contributed by atoms with Gasteiger partial charge in [-0.15, -0.1) is 0 Å². The Balaban J connectivity index is 1.99. The number of anilines is 1. The highest BCUT2D eigenvalue weighted by Gasteiger charge is 2.51. The summed E-state index contributed by atoms with van der Waals surface area (Å²) in [7, 11) is 0. The van der Waals surface area contributed by atoms with Gasteiger partial charge in [-0.3, -0.25) is 4.79 Å². The van der Waals surface area contributed by atoms with Crippen LogP contribution in [0.3, 0.4) is 0 Å². The van der Waals surface area contributed by atoms with Crippen molar-refractivity contribution < 1.29 is 32.3 Å². The number of halogens is 5. The van der Waals surface area contributed by atoms with Gasteiger partial charge >= 0.3 is 6.09 Å². The molecule has 0 fully saturated rings. The molecule has 1 aliphatic rings. The Morgan fingerprint density at radius 2 is 1.81 bits per heavy atom. The molecule has 2 aromatic rings. The van der Waals surface area contributed by atoms with Crippen LogP contribution in [-0.2, 0) is 6.42 Å². The maximum absolute atomic E-state index is 14.2. The van der Waals surface area contributed by atoms with Gasteiger partial charge in [0.15, 0.2) is 0 Å².